The van der Waals surface area contributed by atoms with E-state index in [1.165, 1.54) is 19.4 Å². The highest BCUT2D eigenvalue weighted by atomic mass is 35.5. The molecule has 4 aromatic rings. The molecule has 0 aliphatic carbocycles. The van der Waals surface area contributed by atoms with Crippen LogP contribution in [-0.2, 0) is 10.0 Å². The van der Waals surface area contributed by atoms with E-state index in [2.05, 4.69) is 19.7 Å². The zero-order valence-corrected chi connectivity index (χ0v) is 19.3. The van der Waals surface area contributed by atoms with Crippen molar-refractivity contribution in [2.24, 2.45) is 0 Å². The van der Waals surface area contributed by atoms with Crippen LogP contribution in [0, 0.1) is 6.92 Å². The van der Waals surface area contributed by atoms with Gasteiger partial charge in [-0.1, -0.05) is 35.3 Å². The van der Waals surface area contributed by atoms with Crippen LogP contribution in [0.4, 0.5) is 11.5 Å². The minimum atomic E-state index is -4.10. The Balaban J connectivity index is 1.79. The van der Waals surface area contributed by atoms with E-state index in [1.807, 2.05) is 13.0 Å². The van der Waals surface area contributed by atoms with E-state index in [1.54, 1.807) is 30.5 Å². The van der Waals surface area contributed by atoms with Gasteiger partial charge in [0.2, 0.25) is 5.88 Å². The van der Waals surface area contributed by atoms with Gasteiger partial charge in [-0.15, -0.1) is 0 Å². The van der Waals surface area contributed by atoms with Crippen LogP contribution in [0.2, 0.25) is 10.0 Å². The fraction of sp³-hybridized carbons (Fsp3) is 0.0952. The third-order valence-electron chi connectivity index (χ3n) is 4.71. The van der Waals surface area contributed by atoms with E-state index in [9.17, 15) is 8.42 Å². The number of sulfonamides is 1. The number of rotatable bonds is 5. The first-order chi connectivity index (χ1) is 15.2. The zero-order chi connectivity index (χ0) is 23.0. The SMILES string of the molecule is COc1ncc(Cl)cc1S(=O)(=O)Nc1cccc(-c2cc3cnc(N)cc3nc2C)c1Cl. The van der Waals surface area contributed by atoms with Gasteiger partial charge >= 0.3 is 0 Å². The molecule has 8 nitrogen and oxygen atoms in total. The summed E-state index contributed by atoms with van der Waals surface area (Å²) < 4.78 is 33.6. The van der Waals surface area contributed by atoms with Crippen LogP contribution < -0.4 is 15.2 Å². The fourth-order valence-electron chi connectivity index (χ4n) is 3.22. The maximum absolute atomic E-state index is 13.0. The predicted octanol–water partition coefficient (Wildman–Crippen LogP) is 4.70. The number of ether oxygens (including phenoxy) is 1. The van der Waals surface area contributed by atoms with Crippen molar-refractivity contribution in [2.75, 3.05) is 17.6 Å². The standard InChI is InChI=1S/C21H17Cl2N5O3S/c1-11-15(6-12-9-25-19(24)8-17(12)27-11)14-4-3-5-16(20(14)23)28-32(29,30)18-7-13(22)10-26-21(18)31-2/h3-10,28H,1-2H3,(H2,24,25). The lowest BCUT2D eigenvalue weighted by Gasteiger charge is -2.15. The van der Waals surface area contributed by atoms with Crippen LogP contribution in [0.15, 0.2) is 53.7 Å². The lowest BCUT2D eigenvalue weighted by Crippen LogP contribution is -2.15. The van der Waals surface area contributed by atoms with Crippen LogP contribution >= 0.6 is 23.2 Å². The molecule has 0 bridgehead atoms. The van der Waals surface area contributed by atoms with Crippen molar-refractivity contribution in [3.63, 3.8) is 0 Å². The molecule has 0 amide bonds. The number of pyridine rings is 3. The summed E-state index contributed by atoms with van der Waals surface area (Å²) in [5.41, 5.74) is 8.66. The predicted molar refractivity (Wildman–Crippen MR) is 126 cm³/mol. The van der Waals surface area contributed by atoms with Crippen LogP contribution in [-0.4, -0.2) is 30.5 Å². The number of hydrogen-bond acceptors (Lipinski definition) is 7. The molecule has 3 N–H and O–H groups in total. The van der Waals surface area contributed by atoms with E-state index < -0.39 is 10.0 Å². The lowest BCUT2D eigenvalue weighted by molar-refractivity contribution is 0.385. The summed E-state index contributed by atoms with van der Waals surface area (Å²) >= 11 is 12.6. The van der Waals surface area contributed by atoms with Gasteiger partial charge < -0.3 is 10.5 Å². The van der Waals surface area contributed by atoms with Gasteiger partial charge in [0.15, 0.2) is 4.90 Å². The van der Waals surface area contributed by atoms with Crippen molar-refractivity contribution >= 4 is 55.6 Å². The Hall–Kier alpha value is -3.14. The summed E-state index contributed by atoms with van der Waals surface area (Å²) in [6, 6.07) is 9.85. The minimum Gasteiger partial charge on any atom is -0.480 e. The van der Waals surface area contributed by atoms with Crippen LogP contribution in [0.3, 0.4) is 0 Å². The number of hydrogen-bond donors (Lipinski definition) is 2. The number of fused-ring (bicyclic) bond motifs is 1. The second kappa shape index (κ2) is 8.42. The van der Waals surface area contributed by atoms with E-state index >= 15 is 0 Å². The number of halogens is 2. The van der Waals surface area contributed by atoms with Gasteiger partial charge in [0.05, 0.1) is 28.4 Å². The molecule has 0 aliphatic heterocycles. The molecule has 3 aromatic heterocycles. The Kier molecular flexibility index (Phi) is 5.81. The molecule has 32 heavy (non-hydrogen) atoms. The second-order valence-electron chi connectivity index (χ2n) is 6.86. The van der Waals surface area contributed by atoms with Gasteiger partial charge in [0, 0.05) is 40.7 Å². The zero-order valence-electron chi connectivity index (χ0n) is 16.9. The monoisotopic (exact) mass is 489 g/mol. The van der Waals surface area contributed by atoms with Crippen molar-refractivity contribution in [1.29, 1.82) is 0 Å². The van der Waals surface area contributed by atoms with Crippen molar-refractivity contribution in [2.45, 2.75) is 11.8 Å². The molecule has 0 spiro atoms. The highest BCUT2D eigenvalue weighted by Crippen LogP contribution is 2.37. The number of nitrogen functional groups attached to an aromatic ring is 1. The molecule has 1 aromatic carbocycles. The molecule has 0 unspecified atom stereocenters. The smallest absolute Gasteiger partial charge is 0.267 e. The normalized spacial score (nSPS) is 11.5. The summed E-state index contributed by atoms with van der Waals surface area (Å²) in [7, 11) is -2.78. The number of methoxy groups -OCH3 is 1. The van der Waals surface area contributed by atoms with Gasteiger partial charge in [-0.05, 0) is 25.1 Å². The van der Waals surface area contributed by atoms with Gasteiger partial charge in [-0.25, -0.2) is 18.4 Å². The number of aryl methyl sites for hydroxylation is 1. The Morgan fingerprint density at radius 1 is 1.06 bits per heavy atom. The lowest BCUT2D eigenvalue weighted by atomic mass is 10.0. The third kappa shape index (κ3) is 4.14. The van der Waals surface area contributed by atoms with Crippen LogP contribution in [0.5, 0.6) is 5.88 Å². The maximum atomic E-state index is 13.0. The Morgan fingerprint density at radius 2 is 1.84 bits per heavy atom. The van der Waals surface area contributed by atoms with Gasteiger partial charge in [-0.3, -0.25) is 9.71 Å². The largest absolute Gasteiger partial charge is 0.480 e. The summed E-state index contributed by atoms with van der Waals surface area (Å²) in [5, 5.41) is 1.13. The van der Waals surface area contributed by atoms with Crippen molar-refractivity contribution in [3.05, 3.63) is 64.5 Å². The van der Waals surface area contributed by atoms with Gasteiger partial charge in [0.25, 0.3) is 10.0 Å². The van der Waals surface area contributed by atoms with Crippen LogP contribution in [0.1, 0.15) is 5.69 Å². The molecule has 0 aliphatic rings. The highest BCUT2D eigenvalue weighted by molar-refractivity contribution is 7.92. The van der Waals surface area contributed by atoms with Crippen molar-refractivity contribution in [1.82, 2.24) is 15.0 Å². The number of nitrogens with zero attached hydrogens (tertiary/aromatic N) is 3. The quantitative estimate of drug-likeness (QED) is 0.416. The third-order valence-corrected chi connectivity index (χ3v) is 6.69. The minimum absolute atomic E-state index is 0.0875. The average molecular weight is 490 g/mol. The van der Waals surface area contributed by atoms with Crippen molar-refractivity contribution < 1.29 is 13.2 Å². The van der Waals surface area contributed by atoms with E-state index in [-0.39, 0.29) is 26.5 Å². The molecule has 3 heterocycles. The first kappa shape index (κ1) is 22.1. The number of anilines is 2. The fourth-order valence-corrected chi connectivity index (χ4v) is 5.00. The van der Waals surface area contributed by atoms with Gasteiger partial charge in [-0.2, -0.15) is 0 Å². The van der Waals surface area contributed by atoms with E-state index in [0.29, 0.717) is 22.6 Å². The molecule has 0 radical (unpaired) electrons. The van der Waals surface area contributed by atoms with E-state index in [0.717, 1.165) is 10.9 Å². The molecule has 4 rings (SSSR count). The number of nitrogens with one attached hydrogen (secondary N) is 1. The number of aromatic nitrogens is 3. The molecule has 164 valence electrons. The van der Waals surface area contributed by atoms with Crippen LogP contribution in [0.25, 0.3) is 22.0 Å². The Morgan fingerprint density at radius 3 is 2.59 bits per heavy atom. The Bertz CT molecular complexity index is 1460. The molecule has 11 heteroatoms. The molecule has 0 saturated heterocycles. The molecule has 0 fully saturated rings. The first-order valence-electron chi connectivity index (χ1n) is 9.23. The average Bonchev–Trinajstić information content (AvgIpc) is 2.75. The van der Waals surface area contributed by atoms with E-state index in [4.69, 9.17) is 33.7 Å². The van der Waals surface area contributed by atoms with Crippen molar-refractivity contribution in [3.8, 4) is 17.0 Å². The van der Waals surface area contributed by atoms with Gasteiger partial charge in [0.1, 0.15) is 5.82 Å². The molecular formula is C21H17Cl2N5O3S. The number of benzene rings is 1. The summed E-state index contributed by atoms with van der Waals surface area (Å²) in [5.74, 6) is 0.285. The summed E-state index contributed by atoms with van der Waals surface area (Å²) in [6.45, 7) is 1.83. The highest BCUT2D eigenvalue weighted by Gasteiger charge is 2.23. The Labute approximate surface area is 194 Å². The molecular weight excluding hydrogens is 473 g/mol. The summed E-state index contributed by atoms with van der Waals surface area (Å²) in [6.07, 6.45) is 2.92. The topological polar surface area (TPSA) is 120 Å². The summed E-state index contributed by atoms with van der Waals surface area (Å²) in [4.78, 5) is 12.4. The second-order valence-corrected chi connectivity index (χ2v) is 9.32. The maximum Gasteiger partial charge on any atom is 0.267 e. The first-order valence-corrected chi connectivity index (χ1v) is 11.5. The number of nitrogens with two attached hydrogens (primary N) is 1. The molecule has 0 atom stereocenters. The molecule has 0 saturated carbocycles.